The molecular formula is C12H27N3O2S. The molecule has 1 aliphatic heterocycles. The van der Waals surface area contributed by atoms with Gasteiger partial charge in [0.15, 0.2) is 0 Å². The molecule has 0 aliphatic carbocycles. The molecular weight excluding hydrogens is 250 g/mol. The first-order chi connectivity index (χ1) is 8.35. The molecule has 0 bridgehead atoms. The summed E-state index contributed by atoms with van der Waals surface area (Å²) >= 11 is 0. The maximum atomic E-state index is 12.3. The van der Waals surface area contributed by atoms with Gasteiger partial charge in [-0.1, -0.05) is 13.3 Å². The highest BCUT2D eigenvalue weighted by atomic mass is 32.2. The number of nitrogens with one attached hydrogen (secondary N) is 1. The maximum absolute atomic E-state index is 12.3. The number of hydrogen-bond acceptors (Lipinski definition) is 3. The molecule has 0 amide bonds. The molecule has 0 aromatic heterocycles. The van der Waals surface area contributed by atoms with E-state index in [0.29, 0.717) is 19.6 Å². The maximum Gasteiger partial charge on any atom is 0.281 e. The fraction of sp³-hybridized carbons (Fsp3) is 1.00. The smallest absolute Gasteiger partial charge is 0.281 e. The first kappa shape index (κ1) is 15.9. The van der Waals surface area contributed by atoms with Crippen LogP contribution in [0.3, 0.4) is 0 Å². The van der Waals surface area contributed by atoms with Crippen molar-refractivity contribution in [3.05, 3.63) is 0 Å². The molecule has 1 heterocycles. The van der Waals surface area contributed by atoms with Crippen LogP contribution in [0.5, 0.6) is 0 Å². The summed E-state index contributed by atoms with van der Waals surface area (Å²) in [7, 11) is 0.366. The van der Waals surface area contributed by atoms with E-state index in [1.165, 1.54) is 4.31 Å². The summed E-state index contributed by atoms with van der Waals surface area (Å²) in [5.41, 5.74) is 0.0774. The van der Waals surface area contributed by atoms with Crippen molar-refractivity contribution in [2.45, 2.75) is 45.1 Å². The van der Waals surface area contributed by atoms with Crippen LogP contribution in [0.2, 0.25) is 0 Å². The summed E-state index contributed by atoms with van der Waals surface area (Å²) < 4.78 is 27.7. The summed E-state index contributed by atoms with van der Waals surface area (Å²) in [6, 6.07) is 0. The van der Waals surface area contributed by atoms with Gasteiger partial charge in [0.25, 0.3) is 10.2 Å². The van der Waals surface area contributed by atoms with E-state index in [1.807, 2.05) is 7.05 Å². The molecule has 1 saturated heterocycles. The van der Waals surface area contributed by atoms with Gasteiger partial charge in [0.2, 0.25) is 0 Å². The first-order valence-corrected chi connectivity index (χ1v) is 8.16. The highest BCUT2D eigenvalue weighted by Gasteiger charge is 2.35. The molecule has 0 atom stereocenters. The SMILES string of the molecule is CCCCN(C)S(=O)(=O)N1CCC(C)(NC)CC1. The molecule has 1 rings (SSSR count). The van der Waals surface area contributed by atoms with Gasteiger partial charge in [0.1, 0.15) is 0 Å². The van der Waals surface area contributed by atoms with Crippen LogP contribution in [-0.4, -0.2) is 56.3 Å². The monoisotopic (exact) mass is 277 g/mol. The third kappa shape index (κ3) is 3.66. The number of hydrogen-bond donors (Lipinski definition) is 1. The third-order valence-electron chi connectivity index (χ3n) is 3.98. The summed E-state index contributed by atoms with van der Waals surface area (Å²) in [5, 5.41) is 3.28. The Kier molecular flexibility index (Phi) is 5.58. The summed E-state index contributed by atoms with van der Waals surface area (Å²) in [4.78, 5) is 0. The van der Waals surface area contributed by atoms with Crippen molar-refractivity contribution >= 4 is 10.2 Å². The van der Waals surface area contributed by atoms with Crippen LogP contribution >= 0.6 is 0 Å². The largest absolute Gasteiger partial charge is 0.314 e. The lowest BCUT2D eigenvalue weighted by atomic mass is 9.91. The van der Waals surface area contributed by atoms with E-state index in [4.69, 9.17) is 0 Å². The molecule has 6 heteroatoms. The minimum absolute atomic E-state index is 0.0774. The zero-order valence-corrected chi connectivity index (χ0v) is 12.9. The van der Waals surface area contributed by atoms with Crippen molar-refractivity contribution in [1.29, 1.82) is 0 Å². The summed E-state index contributed by atoms with van der Waals surface area (Å²) in [5.74, 6) is 0. The minimum atomic E-state index is -3.25. The molecule has 5 nitrogen and oxygen atoms in total. The quantitative estimate of drug-likeness (QED) is 0.789. The average molecular weight is 277 g/mol. The Morgan fingerprint density at radius 3 is 2.33 bits per heavy atom. The Balaban J connectivity index is 2.60. The predicted octanol–water partition coefficient (Wildman–Crippen LogP) is 1.04. The lowest BCUT2D eigenvalue weighted by molar-refractivity contribution is 0.211. The standard InChI is InChI=1S/C12H27N3O2S/c1-5-6-9-14(4)18(16,17)15-10-7-12(2,13-3)8-11-15/h13H,5-11H2,1-4H3. The molecule has 1 aliphatic rings. The second-order valence-corrected chi connectivity index (χ2v) is 7.43. The second kappa shape index (κ2) is 6.32. The fourth-order valence-electron chi connectivity index (χ4n) is 2.15. The van der Waals surface area contributed by atoms with Crippen LogP contribution in [0, 0.1) is 0 Å². The lowest BCUT2D eigenvalue weighted by Gasteiger charge is -2.39. The molecule has 0 aromatic rings. The highest BCUT2D eigenvalue weighted by molar-refractivity contribution is 7.86. The second-order valence-electron chi connectivity index (χ2n) is 5.39. The van der Waals surface area contributed by atoms with Gasteiger partial charge in [0, 0.05) is 32.2 Å². The first-order valence-electron chi connectivity index (χ1n) is 6.76. The number of unbranched alkanes of at least 4 members (excludes halogenated alkanes) is 1. The Bertz CT molecular complexity index is 348. The molecule has 0 unspecified atom stereocenters. The van der Waals surface area contributed by atoms with Crippen LogP contribution in [-0.2, 0) is 10.2 Å². The van der Waals surface area contributed by atoms with Crippen molar-refractivity contribution in [2.24, 2.45) is 0 Å². The van der Waals surface area contributed by atoms with Crippen LogP contribution in [0.1, 0.15) is 39.5 Å². The van der Waals surface area contributed by atoms with Crippen molar-refractivity contribution in [3.8, 4) is 0 Å². The molecule has 18 heavy (non-hydrogen) atoms. The van der Waals surface area contributed by atoms with Crippen molar-refractivity contribution < 1.29 is 8.42 Å². The summed E-state index contributed by atoms with van der Waals surface area (Å²) in [6.07, 6.45) is 3.66. The Labute approximate surface area is 112 Å². The molecule has 0 spiro atoms. The van der Waals surface area contributed by atoms with E-state index in [9.17, 15) is 8.42 Å². The normalized spacial score (nSPS) is 21.4. The zero-order chi connectivity index (χ0) is 13.8. The van der Waals surface area contributed by atoms with Crippen LogP contribution in [0.15, 0.2) is 0 Å². The van der Waals surface area contributed by atoms with E-state index in [-0.39, 0.29) is 5.54 Å². The topological polar surface area (TPSA) is 52.7 Å². The van der Waals surface area contributed by atoms with Crippen LogP contribution in [0.4, 0.5) is 0 Å². The minimum Gasteiger partial charge on any atom is -0.314 e. The highest BCUT2D eigenvalue weighted by Crippen LogP contribution is 2.23. The van der Waals surface area contributed by atoms with E-state index in [1.54, 1.807) is 11.4 Å². The van der Waals surface area contributed by atoms with Gasteiger partial charge in [-0.2, -0.15) is 17.0 Å². The van der Waals surface area contributed by atoms with Crippen LogP contribution < -0.4 is 5.32 Å². The predicted molar refractivity (Wildman–Crippen MR) is 74.7 cm³/mol. The zero-order valence-electron chi connectivity index (χ0n) is 12.1. The van der Waals surface area contributed by atoms with Crippen LogP contribution in [0.25, 0.3) is 0 Å². The van der Waals surface area contributed by atoms with Crippen molar-refractivity contribution in [3.63, 3.8) is 0 Å². The number of piperidine rings is 1. The number of rotatable bonds is 6. The van der Waals surface area contributed by atoms with E-state index >= 15 is 0 Å². The molecule has 0 saturated carbocycles. The summed E-state index contributed by atoms with van der Waals surface area (Å²) in [6.45, 7) is 6.04. The van der Waals surface area contributed by atoms with Crippen molar-refractivity contribution in [1.82, 2.24) is 13.9 Å². The molecule has 0 aromatic carbocycles. The van der Waals surface area contributed by atoms with Gasteiger partial charge in [-0.25, -0.2) is 0 Å². The van der Waals surface area contributed by atoms with Gasteiger partial charge in [-0.15, -0.1) is 0 Å². The van der Waals surface area contributed by atoms with Gasteiger partial charge in [-0.05, 0) is 33.2 Å². The molecule has 1 fully saturated rings. The molecule has 108 valence electrons. The van der Waals surface area contributed by atoms with E-state index in [0.717, 1.165) is 25.7 Å². The molecule has 1 N–H and O–H groups in total. The third-order valence-corrected chi connectivity index (χ3v) is 5.96. The molecule has 0 radical (unpaired) electrons. The number of nitrogens with zero attached hydrogens (tertiary/aromatic N) is 2. The van der Waals surface area contributed by atoms with Crippen molar-refractivity contribution in [2.75, 3.05) is 33.7 Å². The van der Waals surface area contributed by atoms with E-state index < -0.39 is 10.2 Å². The van der Waals surface area contributed by atoms with Gasteiger partial charge in [-0.3, -0.25) is 0 Å². The Morgan fingerprint density at radius 1 is 1.33 bits per heavy atom. The Hall–Kier alpha value is -0.170. The van der Waals surface area contributed by atoms with Gasteiger partial charge in [0.05, 0.1) is 0 Å². The van der Waals surface area contributed by atoms with Gasteiger partial charge < -0.3 is 5.32 Å². The van der Waals surface area contributed by atoms with Gasteiger partial charge >= 0.3 is 0 Å². The average Bonchev–Trinajstić information content (AvgIpc) is 2.36. The fourth-order valence-corrected chi connectivity index (χ4v) is 3.55. The lowest BCUT2D eigenvalue weighted by Crippen LogP contribution is -2.53. The Morgan fingerprint density at radius 2 is 1.89 bits per heavy atom. The van der Waals surface area contributed by atoms with E-state index in [2.05, 4.69) is 19.2 Å².